The molecule has 0 aliphatic carbocycles. The maximum absolute atomic E-state index is 11.7. The van der Waals surface area contributed by atoms with Gasteiger partial charge in [-0.05, 0) is 60.5 Å². The van der Waals surface area contributed by atoms with Crippen LogP contribution in [0.2, 0.25) is 0 Å². The molecule has 0 saturated heterocycles. The molecule has 1 unspecified atom stereocenters. The number of aryl methyl sites for hydroxylation is 2. The number of carboxylic acids is 1. The Kier molecular flexibility index (Phi) is 6.71. The fourth-order valence-corrected chi connectivity index (χ4v) is 3.82. The highest BCUT2D eigenvalue weighted by atomic mass is 32.1. The summed E-state index contributed by atoms with van der Waals surface area (Å²) in [6.45, 7) is 4.86. The van der Waals surface area contributed by atoms with E-state index in [0.717, 1.165) is 27.3 Å². The molecule has 0 amide bonds. The highest BCUT2D eigenvalue weighted by Crippen LogP contribution is 2.29. The number of carboxylic acid groups (broad SMARTS) is 1. The molecule has 0 saturated carbocycles. The molecule has 0 fully saturated rings. The Morgan fingerprint density at radius 3 is 2.46 bits per heavy atom. The Bertz CT molecular complexity index is 918. The lowest BCUT2D eigenvalue weighted by Crippen LogP contribution is -2.15. The summed E-state index contributed by atoms with van der Waals surface area (Å²) >= 11 is 1.46. The molecule has 0 spiro atoms. The quantitative estimate of drug-likeness (QED) is 0.503. The number of rotatable bonds is 9. The normalized spacial score (nSPS) is 11.8. The van der Waals surface area contributed by atoms with Gasteiger partial charge in [0.1, 0.15) is 24.7 Å². The van der Waals surface area contributed by atoms with E-state index < -0.39 is 11.9 Å². The van der Waals surface area contributed by atoms with Crippen LogP contribution in [-0.2, 0) is 11.2 Å². The van der Waals surface area contributed by atoms with Crippen molar-refractivity contribution in [2.24, 2.45) is 0 Å². The molecule has 5 heteroatoms. The Morgan fingerprint density at radius 2 is 1.75 bits per heavy atom. The van der Waals surface area contributed by atoms with Crippen molar-refractivity contribution in [2.75, 3.05) is 13.2 Å². The molecule has 0 bridgehead atoms. The van der Waals surface area contributed by atoms with Crippen LogP contribution in [0.5, 0.6) is 11.5 Å². The number of hydrogen-bond acceptors (Lipinski definition) is 4. The van der Waals surface area contributed by atoms with E-state index >= 15 is 0 Å². The molecule has 4 nitrogen and oxygen atoms in total. The number of ether oxygens (including phenoxy) is 2. The van der Waals surface area contributed by atoms with Gasteiger partial charge < -0.3 is 14.6 Å². The molecule has 146 valence electrons. The van der Waals surface area contributed by atoms with Gasteiger partial charge in [0.15, 0.2) is 0 Å². The predicted octanol–water partition coefficient (Wildman–Crippen LogP) is 5.23. The largest absolute Gasteiger partial charge is 0.490 e. The number of hydrogen-bond donors (Lipinski definition) is 1. The van der Waals surface area contributed by atoms with Gasteiger partial charge in [0.2, 0.25) is 0 Å². The van der Waals surface area contributed by atoms with Gasteiger partial charge in [0.05, 0.1) is 5.92 Å². The number of thiophene rings is 1. The van der Waals surface area contributed by atoms with Crippen molar-refractivity contribution in [1.29, 1.82) is 0 Å². The lowest BCUT2D eigenvalue weighted by molar-refractivity contribution is -0.138. The number of aliphatic carboxylic acids is 1. The van der Waals surface area contributed by atoms with Crippen molar-refractivity contribution in [3.05, 3.63) is 81.5 Å². The summed E-state index contributed by atoms with van der Waals surface area (Å²) in [5.74, 6) is 0.168. The molecule has 0 aliphatic rings. The number of para-hydroxylation sites is 1. The fraction of sp³-hybridized carbons (Fsp3) is 0.261. The van der Waals surface area contributed by atoms with Crippen molar-refractivity contribution < 1.29 is 19.4 Å². The van der Waals surface area contributed by atoms with Gasteiger partial charge in [-0.1, -0.05) is 36.4 Å². The Hall–Kier alpha value is -2.79. The minimum absolute atomic E-state index is 0.390. The fourth-order valence-electron chi connectivity index (χ4n) is 3.00. The summed E-state index contributed by atoms with van der Waals surface area (Å²) in [5.41, 5.74) is 3.13. The lowest BCUT2D eigenvalue weighted by atomic mass is 9.97. The summed E-state index contributed by atoms with van der Waals surface area (Å²) in [4.78, 5) is 12.6. The van der Waals surface area contributed by atoms with E-state index in [2.05, 4.69) is 6.07 Å². The molecule has 3 aromatic rings. The SMILES string of the molecule is Cc1ccc(C)c(OCCOc2ccccc2CC(C(=O)O)c2cccs2)c1. The van der Waals surface area contributed by atoms with Crippen molar-refractivity contribution in [1.82, 2.24) is 0 Å². The van der Waals surface area contributed by atoms with E-state index in [0.29, 0.717) is 25.4 Å². The third kappa shape index (κ3) is 5.14. The van der Waals surface area contributed by atoms with Gasteiger partial charge in [0.25, 0.3) is 0 Å². The minimum atomic E-state index is -0.824. The van der Waals surface area contributed by atoms with E-state index in [9.17, 15) is 9.90 Å². The van der Waals surface area contributed by atoms with Crippen LogP contribution >= 0.6 is 11.3 Å². The second kappa shape index (κ2) is 9.42. The maximum atomic E-state index is 11.7. The van der Waals surface area contributed by atoms with Crippen LogP contribution < -0.4 is 9.47 Å². The Morgan fingerprint density at radius 1 is 1.00 bits per heavy atom. The summed E-state index contributed by atoms with van der Waals surface area (Å²) in [5, 5.41) is 11.5. The standard InChI is InChI=1S/C23H24O4S/c1-16-9-10-17(2)21(14-16)27-12-11-26-20-7-4-3-6-18(20)15-19(23(24)25)22-8-5-13-28-22/h3-10,13-14,19H,11-12,15H2,1-2H3,(H,24,25). The summed E-state index contributed by atoms with van der Waals surface area (Å²) in [7, 11) is 0. The average molecular weight is 397 g/mol. The van der Waals surface area contributed by atoms with E-state index in [1.165, 1.54) is 11.3 Å². The zero-order valence-electron chi connectivity index (χ0n) is 16.1. The first kappa shape index (κ1) is 20.0. The summed E-state index contributed by atoms with van der Waals surface area (Å²) in [6.07, 6.45) is 0.393. The average Bonchev–Trinajstić information content (AvgIpc) is 3.21. The predicted molar refractivity (Wildman–Crippen MR) is 112 cm³/mol. The van der Waals surface area contributed by atoms with Crippen LogP contribution in [0.25, 0.3) is 0 Å². The van der Waals surface area contributed by atoms with Crippen molar-refractivity contribution in [3.8, 4) is 11.5 Å². The molecule has 3 rings (SSSR count). The zero-order valence-corrected chi connectivity index (χ0v) is 16.9. The third-order valence-corrected chi connectivity index (χ3v) is 5.51. The van der Waals surface area contributed by atoms with Gasteiger partial charge >= 0.3 is 5.97 Å². The van der Waals surface area contributed by atoms with E-state index in [1.807, 2.05) is 67.8 Å². The highest BCUT2D eigenvalue weighted by molar-refractivity contribution is 7.10. The molecule has 2 aromatic carbocycles. The zero-order chi connectivity index (χ0) is 19.9. The maximum Gasteiger partial charge on any atom is 0.312 e. The minimum Gasteiger partial charge on any atom is -0.490 e. The second-order valence-electron chi connectivity index (χ2n) is 6.68. The first-order valence-corrected chi connectivity index (χ1v) is 10.1. The summed E-state index contributed by atoms with van der Waals surface area (Å²) in [6, 6.07) is 17.5. The van der Waals surface area contributed by atoms with Gasteiger partial charge in [-0.2, -0.15) is 0 Å². The van der Waals surface area contributed by atoms with Crippen molar-refractivity contribution >= 4 is 17.3 Å². The van der Waals surface area contributed by atoms with E-state index in [4.69, 9.17) is 9.47 Å². The summed E-state index contributed by atoms with van der Waals surface area (Å²) < 4.78 is 11.8. The van der Waals surface area contributed by atoms with Crippen LogP contribution in [0.3, 0.4) is 0 Å². The highest BCUT2D eigenvalue weighted by Gasteiger charge is 2.22. The molecule has 1 heterocycles. The van der Waals surface area contributed by atoms with E-state index in [1.54, 1.807) is 0 Å². The molecule has 0 radical (unpaired) electrons. The molecular weight excluding hydrogens is 372 g/mol. The molecule has 1 atom stereocenters. The molecule has 28 heavy (non-hydrogen) atoms. The van der Waals surface area contributed by atoms with Crippen LogP contribution in [0.4, 0.5) is 0 Å². The van der Waals surface area contributed by atoms with E-state index in [-0.39, 0.29) is 0 Å². The van der Waals surface area contributed by atoms with Gasteiger partial charge in [-0.3, -0.25) is 4.79 Å². The first-order valence-electron chi connectivity index (χ1n) is 9.21. The molecular formula is C23H24O4S. The molecule has 1 N–H and O–H groups in total. The first-order chi connectivity index (χ1) is 13.5. The second-order valence-corrected chi connectivity index (χ2v) is 7.66. The van der Waals surface area contributed by atoms with Crippen LogP contribution in [0.1, 0.15) is 27.5 Å². The monoisotopic (exact) mass is 396 g/mol. The lowest BCUT2D eigenvalue weighted by Gasteiger charge is -2.16. The Labute approximate surface area is 169 Å². The Balaban J connectivity index is 1.62. The van der Waals surface area contributed by atoms with Gasteiger partial charge in [-0.15, -0.1) is 11.3 Å². The third-order valence-electron chi connectivity index (χ3n) is 4.52. The number of benzene rings is 2. The smallest absolute Gasteiger partial charge is 0.312 e. The molecule has 1 aromatic heterocycles. The number of carbonyl (C=O) groups is 1. The van der Waals surface area contributed by atoms with Crippen LogP contribution in [-0.4, -0.2) is 24.3 Å². The van der Waals surface area contributed by atoms with Gasteiger partial charge in [0, 0.05) is 4.88 Å². The van der Waals surface area contributed by atoms with Crippen LogP contribution in [0.15, 0.2) is 60.0 Å². The topological polar surface area (TPSA) is 55.8 Å². The molecule has 0 aliphatic heterocycles. The van der Waals surface area contributed by atoms with Crippen LogP contribution in [0, 0.1) is 13.8 Å². The van der Waals surface area contributed by atoms with Gasteiger partial charge in [-0.25, -0.2) is 0 Å². The van der Waals surface area contributed by atoms with Crippen molar-refractivity contribution in [2.45, 2.75) is 26.2 Å². The van der Waals surface area contributed by atoms with Crippen molar-refractivity contribution in [3.63, 3.8) is 0 Å².